The fraction of sp³-hybridized carbons (Fsp3) is 0.462. The molecule has 196 valence electrons. The van der Waals surface area contributed by atoms with Crippen LogP contribution in [0.25, 0.3) is 22.2 Å². The highest BCUT2D eigenvalue weighted by molar-refractivity contribution is 5.85. The third-order valence-corrected chi connectivity index (χ3v) is 7.52. The van der Waals surface area contributed by atoms with Crippen LogP contribution >= 0.6 is 0 Å². The van der Waals surface area contributed by atoms with Gasteiger partial charge in [-0.1, -0.05) is 6.07 Å². The molecule has 0 unspecified atom stereocenters. The predicted octanol–water partition coefficient (Wildman–Crippen LogP) is 4.43. The van der Waals surface area contributed by atoms with Crippen molar-refractivity contribution < 1.29 is 27.1 Å². The molecule has 0 spiro atoms. The quantitative estimate of drug-likeness (QED) is 0.494. The van der Waals surface area contributed by atoms with Crippen molar-refractivity contribution in [3.8, 4) is 11.1 Å². The highest BCUT2D eigenvalue weighted by Gasteiger charge is 2.35. The first-order valence-electron chi connectivity index (χ1n) is 12.5. The summed E-state index contributed by atoms with van der Waals surface area (Å²) in [4.78, 5) is 23.3. The number of amides is 2. The molecule has 2 aromatic heterocycles. The van der Waals surface area contributed by atoms with Gasteiger partial charge in [-0.3, -0.25) is 0 Å². The molecule has 0 bridgehead atoms. The van der Waals surface area contributed by atoms with Crippen LogP contribution in [0, 0.1) is 0 Å². The van der Waals surface area contributed by atoms with Crippen molar-refractivity contribution in [2.24, 2.45) is 0 Å². The van der Waals surface area contributed by atoms with Crippen molar-refractivity contribution in [3.63, 3.8) is 0 Å². The summed E-state index contributed by atoms with van der Waals surface area (Å²) in [5.74, 6) is 0. The second kappa shape index (κ2) is 9.29. The van der Waals surface area contributed by atoms with E-state index in [0.717, 1.165) is 28.5 Å². The summed E-state index contributed by atoms with van der Waals surface area (Å²) in [5, 5.41) is 3.49. The summed E-state index contributed by atoms with van der Waals surface area (Å²) in [6.45, 7) is 3.14. The molecule has 7 nitrogen and oxygen atoms in total. The Hall–Kier alpha value is -3.18. The summed E-state index contributed by atoms with van der Waals surface area (Å²) >= 11 is 0. The minimum Gasteiger partial charge on any atom is -0.378 e. The molecule has 3 aliphatic rings. The number of morpholine rings is 1. The number of H-pyrrole nitrogens is 1. The van der Waals surface area contributed by atoms with Gasteiger partial charge in [-0.15, -0.1) is 0 Å². The van der Waals surface area contributed by atoms with E-state index in [1.165, 1.54) is 6.07 Å². The van der Waals surface area contributed by atoms with Crippen LogP contribution in [0.4, 0.5) is 22.4 Å². The van der Waals surface area contributed by atoms with Crippen LogP contribution in [0.2, 0.25) is 0 Å². The van der Waals surface area contributed by atoms with Crippen LogP contribution in [0.5, 0.6) is 0 Å². The molecule has 0 radical (unpaired) electrons. The zero-order valence-corrected chi connectivity index (χ0v) is 20.1. The SMILES string of the molecule is O=C(N1CCc2cc(-c3cnc4[nH]cc(C(F)(F)F)c4c3)cc([C@@H]3COCCN3)c2C1)N1CC[C@H](F)C1. The molecule has 0 aliphatic carbocycles. The number of pyridine rings is 1. The number of aromatic nitrogens is 2. The molecule has 2 N–H and O–H groups in total. The number of nitrogens with zero attached hydrogens (tertiary/aromatic N) is 3. The number of nitrogens with one attached hydrogen (secondary N) is 2. The van der Waals surface area contributed by atoms with E-state index in [9.17, 15) is 22.4 Å². The predicted molar refractivity (Wildman–Crippen MR) is 129 cm³/mol. The van der Waals surface area contributed by atoms with Crippen molar-refractivity contribution in [2.45, 2.75) is 37.8 Å². The van der Waals surface area contributed by atoms with E-state index in [4.69, 9.17) is 4.74 Å². The molecule has 5 heterocycles. The van der Waals surface area contributed by atoms with E-state index in [-0.39, 0.29) is 29.7 Å². The zero-order chi connectivity index (χ0) is 25.7. The van der Waals surface area contributed by atoms with Crippen LogP contribution in [0.1, 0.15) is 34.7 Å². The molecule has 3 aromatic rings. The molecular formula is C26H27F4N5O2. The Morgan fingerprint density at radius 3 is 2.73 bits per heavy atom. The molecule has 2 amide bonds. The highest BCUT2D eigenvalue weighted by atomic mass is 19.4. The summed E-state index contributed by atoms with van der Waals surface area (Å²) in [6, 6.07) is 5.21. The molecule has 6 rings (SSSR count). The molecule has 0 saturated carbocycles. The number of carbonyl (C=O) groups excluding carboxylic acids is 1. The van der Waals surface area contributed by atoms with Gasteiger partial charge in [0.2, 0.25) is 0 Å². The van der Waals surface area contributed by atoms with Crippen molar-refractivity contribution in [1.29, 1.82) is 0 Å². The lowest BCUT2D eigenvalue weighted by Crippen LogP contribution is -2.45. The van der Waals surface area contributed by atoms with E-state index < -0.39 is 17.9 Å². The Morgan fingerprint density at radius 1 is 1.14 bits per heavy atom. The number of aromatic amines is 1. The maximum atomic E-state index is 13.7. The summed E-state index contributed by atoms with van der Waals surface area (Å²) in [7, 11) is 0. The standard InChI is InChI=1S/C26H27F4N5O2/c27-18-2-5-34(12-18)25(36)35-4-1-15-7-16(8-19(21(15)13-35)23-14-37-6-3-31-23)17-9-20-22(26(28,29)30)11-33-24(20)32-10-17/h7-11,18,23,31H,1-6,12-14H2,(H,32,33)/t18-,23-/m0/s1. The van der Waals surface area contributed by atoms with Crippen molar-refractivity contribution in [3.05, 3.63) is 52.8 Å². The van der Waals surface area contributed by atoms with Crippen molar-refractivity contribution in [1.82, 2.24) is 25.1 Å². The molecule has 37 heavy (non-hydrogen) atoms. The third-order valence-electron chi connectivity index (χ3n) is 7.52. The van der Waals surface area contributed by atoms with Gasteiger partial charge in [0.1, 0.15) is 11.8 Å². The van der Waals surface area contributed by atoms with Gasteiger partial charge in [-0.05, 0) is 47.2 Å². The second-order valence-corrected chi connectivity index (χ2v) is 9.89. The smallest absolute Gasteiger partial charge is 0.378 e. The van der Waals surface area contributed by atoms with E-state index in [2.05, 4.69) is 15.3 Å². The number of likely N-dealkylation sites (tertiary alicyclic amines) is 1. The molecule has 11 heteroatoms. The van der Waals surface area contributed by atoms with E-state index in [1.807, 2.05) is 12.1 Å². The van der Waals surface area contributed by atoms with E-state index >= 15 is 0 Å². The molecule has 2 saturated heterocycles. The molecule has 2 atom stereocenters. The summed E-state index contributed by atoms with van der Waals surface area (Å²) in [5.41, 5.74) is 3.80. The summed E-state index contributed by atoms with van der Waals surface area (Å²) < 4.78 is 60.0. The van der Waals surface area contributed by atoms with Crippen molar-refractivity contribution >= 4 is 17.1 Å². The number of benzene rings is 1. The fourth-order valence-electron chi connectivity index (χ4n) is 5.59. The number of urea groups is 1. The number of carbonyl (C=O) groups is 1. The average molecular weight is 518 g/mol. The first-order chi connectivity index (χ1) is 17.8. The van der Waals surface area contributed by atoms with Crippen LogP contribution in [0.3, 0.4) is 0 Å². The number of halogens is 4. The average Bonchev–Trinajstić information content (AvgIpc) is 3.53. The third kappa shape index (κ3) is 4.54. The number of hydrogen-bond donors (Lipinski definition) is 2. The Bertz CT molecular complexity index is 1330. The van der Waals surface area contributed by atoms with E-state index in [0.29, 0.717) is 57.8 Å². The van der Waals surface area contributed by atoms with Crippen LogP contribution in [-0.4, -0.2) is 71.4 Å². The van der Waals surface area contributed by atoms with Gasteiger partial charge in [0, 0.05) is 49.5 Å². The normalized spacial score (nSPS) is 22.5. The first kappa shape index (κ1) is 24.2. The van der Waals surface area contributed by atoms with Crippen molar-refractivity contribution in [2.75, 3.05) is 39.4 Å². The number of hydrogen-bond acceptors (Lipinski definition) is 4. The maximum Gasteiger partial charge on any atom is 0.418 e. The van der Waals surface area contributed by atoms with Gasteiger partial charge in [-0.25, -0.2) is 14.2 Å². The number of fused-ring (bicyclic) bond motifs is 2. The second-order valence-electron chi connectivity index (χ2n) is 9.89. The lowest BCUT2D eigenvalue weighted by Gasteiger charge is -2.35. The Balaban J connectivity index is 1.38. The number of rotatable bonds is 2. The topological polar surface area (TPSA) is 73.5 Å². The molecular weight excluding hydrogens is 490 g/mol. The maximum absolute atomic E-state index is 13.7. The van der Waals surface area contributed by atoms with Crippen LogP contribution in [-0.2, 0) is 23.9 Å². The van der Waals surface area contributed by atoms with Gasteiger partial charge < -0.3 is 24.8 Å². The van der Waals surface area contributed by atoms with Gasteiger partial charge in [0.25, 0.3) is 0 Å². The van der Waals surface area contributed by atoms with Gasteiger partial charge in [0.15, 0.2) is 0 Å². The van der Waals surface area contributed by atoms with Gasteiger partial charge in [0.05, 0.1) is 31.4 Å². The van der Waals surface area contributed by atoms with Crippen LogP contribution < -0.4 is 5.32 Å². The minimum absolute atomic E-state index is 0.0250. The van der Waals surface area contributed by atoms with Gasteiger partial charge >= 0.3 is 12.2 Å². The summed E-state index contributed by atoms with van der Waals surface area (Å²) in [6.07, 6.45) is -1.99. The molecule has 2 fully saturated rings. The van der Waals surface area contributed by atoms with E-state index in [1.54, 1.807) is 16.0 Å². The first-order valence-corrected chi connectivity index (χ1v) is 12.5. The monoisotopic (exact) mass is 517 g/mol. The molecule has 1 aromatic carbocycles. The Kier molecular flexibility index (Phi) is 6.07. The molecule has 3 aliphatic heterocycles. The number of alkyl halides is 4. The Morgan fingerprint density at radius 2 is 2.00 bits per heavy atom. The fourth-order valence-corrected chi connectivity index (χ4v) is 5.59. The number of ether oxygens (including phenoxy) is 1. The lowest BCUT2D eigenvalue weighted by molar-refractivity contribution is -0.136. The highest BCUT2D eigenvalue weighted by Crippen LogP contribution is 2.38. The minimum atomic E-state index is -4.49. The largest absolute Gasteiger partial charge is 0.418 e. The van der Waals surface area contributed by atoms with Crippen LogP contribution in [0.15, 0.2) is 30.6 Å². The Labute approximate surface area is 210 Å². The van der Waals surface area contributed by atoms with Gasteiger partial charge in [-0.2, -0.15) is 13.2 Å². The lowest BCUT2D eigenvalue weighted by atomic mass is 9.87. The zero-order valence-electron chi connectivity index (χ0n) is 20.1.